The first-order valence-corrected chi connectivity index (χ1v) is 8.86. The van der Waals surface area contributed by atoms with E-state index in [0.717, 1.165) is 5.52 Å². The third kappa shape index (κ3) is 2.74. The van der Waals surface area contributed by atoms with Gasteiger partial charge in [-0.2, -0.15) is 0 Å². The molecule has 1 amide bonds. The fourth-order valence-corrected chi connectivity index (χ4v) is 3.58. The Bertz CT molecular complexity index is 1070. The second-order valence-corrected chi connectivity index (χ2v) is 6.39. The van der Waals surface area contributed by atoms with E-state index in [9.17, 15) is 14.7 Å². The minimum absolute atomic E-state index is 0.0325. The number of phenols is 1. The summed E-state index contributed by atoms with van der Waals surface area (Å²) in [5.41, 5.74) is 2.08. The third-order valence-electron chi connectivity index (χ3n) is 4.79. The van der Waals surface area contributed by atoms with E-state index in [4.69, 9.17) is 9.47 Å². The summed E-state index contributed by atoms with van der Waals surface area (Å²) >= 11 is 0. The molecule has 144 valence electrons. The zero-order valence-electron chi connectivity index (χ0n) is 15.4. The van der Waals surface area contributed by atoms with Gasteiger partial charge < -0.3 is 19.1 Å². The van der Waals surface area contributed by atoms with Crippen molar-refractivity contribution in [3.8, 4) is 11.5 Å². The van der Waals surface area contributed by atoms with Crippen molar-refractivity contribution in [2.75, 3.05) is 19.0 Å². The van der Waals surface area contributed by atoms with Gasteiger partial charge in [-0.3, -0.25) is 14.9 Å². The van der Waals surface area contributed by atoms with E-state index in [1.54, 1.807) is 19.1 Å². The second kappa shape index (κ2) is 6.88. The topological polar surface area (TPSA) is 103 Å². The molecule has 2 N–H and O–H groups in total. The minimum Gasteiger partial charge on any atom is -0.504 e. The summed E-state index contributed by atoms with van der Waals surface area (Å²) in [5, 5.41) is 12.7. The van der Waals surface area contributed by atoms with Crippen molar-refractivity contribution in [3.63, 3.8) is 0 Å². The lowest BCUT2D eigenvalue weighted by Crippen LogP contribution is -2.43. The number of esters is 1. The highest BCUT2D eigenvalue weighted by molar-refractivity contribution is 6.07. The molecule has 2 atom stereocenters. The Labute approximate surface area is 160 Å². The molecular formula is C20H19N3O5. The first kappa shape index (κ1) is 17.8. The van der Waals surface area contributed by atoms with Gasteiger partial charge >= 0.3 is 5.97 Å². The molecule has 0 saturated heterocycles. The maximum Gasteiger partial charge on any atom is 0.321 e. The van der Waals surface area contributed by atoms with Gasteiger partial charge in [0.2, 0.25) is 11.9 Å². The van der Waals surface area contributed by atoms with Crippen molar-refractivity contribution in [1.29, 1.82) is 0 Å². The van der Waals surface area contributed by atoms with Gasteiger partial charge in [-0.15, -0.1) is 0 Å². The largest absolute Gasteiger partial charge is 0.504 e. The number of imidazole rings is 1. The third-order valence-corrected chi connectivity index (χ3v) is 4.79. The highest BCUT2D eigenvalue weighted by Gasteiger charge is 2.44. The predicted molar refractivity (Wildman–Crippen MR) is 101 cm³/mol. The van der Waals surface area contributed by atoms with Crippen molar-refractivity contribution in [1.82, 2.24) is 9.55 Å². The van der Waals surface area contributed by atoms with Crippen LogP contribution in [-0.2, 0) is 14.3 Å². The summed E-state index contributed by atoms with van der Waals surface area (Å²) < 4.78 is 12.2. The smallest absolute Gasteiger partial charge is 0.321 e. The quantitative estimate of drug-likeness (QED) is 0.532. The van der Waals surface area contributed by atoms with E-state index >= 15 is 0 Å². The molecular weight excluding hydrogens is 362 g/mol. The zero-order chi connectivity index (χ0) is 19.8. The number of hydrogen-bond donors (Lipinski definition) is 2. The van der Waals surface area contributed by atoms with Crippen LogP contribution in [0.3, 0.4) is 0 Å². The molecule has 0 unspecified atom stereocenters. The summed E-state index contributed by atoms with van der Waals surface area (Å²) in [6, 6.07) is 11.5. The van der Waals surface area contributed by atoms with Crippen LogP contribution in [0.25, 0.3) is 11.0 Å². The monoisotopic (exact) mass is 381 g/mol. The number of phenolic OH excluding ortho intramolecular Hbond substituents is 1. The molecule has 1 aromatic heterocycles. The average molecular weight is 381 g/mol. The molecule has 2 heterocycles. The van der Waals surface area contributed by atoms with Crippen LogP contribution >= 0.6 is 0 Å². The first-order chi connectivity index (χ1) is 13.5. The van der Waals surface area contributed by atoms with Gasteiger partial charge in [0.15, 0.2) is 17.4 Å². The summed E-state index contributed by atoms with van der Waals surface area (Å²) in [6.07, 6.45) is 0. The Morgan fingerprint density at radius 3 is 2.82 bits per heavy atom. The molecule has 8 nitrogen and oxygen atoms in total. The highest BCUT2D eigenvalue weighted by Crippen LogP contribution is 2.40. The van der Waals surface area contributed by atoms with Crippen molar-refractivity contribution in [2.45, 2.75) is 13.0 Å². The van der Waals surface area contributed by atoms with Gasteiger partial charge in [-0.1, -0.05) is 18.2 Å². The molecule has 1 aliphatic heterocycles. The number of fused-ring (bicyclic) bond motifs is 3. The number of ether oxygens (including phenoxy) is 2. The Hall–Kier alpha value is -3.55. The van der Waals surface area contributed by atoms with E-state index in [1.165, 1.54) is 13.2 Å². The number of benzene rings is 2. The highest BCUT2D eigenvalue weighted by atomic mass is 16.5. The summed E-state index contributed by atoms with van der Waals surface area (Å²) in [4.78, 5) is 30.0. The molecule has 3 aromatic rings. The van der Waals surface area contributed by atoms with Crippen LogP contribution in [0.4, 0.5) is 5.95 Å². The van der Waals surface area contributed by atoms with Crippen LogP contribution in [0.2, 0.25) is 0 Å². The number of rotatable bonds is 4. The SMILES string of the molecule is CCOC(=O)[C@H]1C(=O)Nc2nc3ccccc3n2[C@@H]1c1ccc(O)c(OC)c1. The number of amides is 1. The number of hydrogen-bond acceptors (Lipinski definition) is 6. The van der Waals surface area contributed by atoms with Crippen LogP contribution in [0, 0.1) is 5.92 Å². The maximum atomic E-state index is 12.8. The van der Waals surface area contributed by atoms with Gasteiger partial charge in [0.1, 0.15) is 0 Å². The van der Waals surface area contributed by atoms with Gasteiger partial charge in [-0.25, -0.2) is 4.98 Å². The second-order valence-electron chi connectivity index (χ2n) is 6.39. The summed E-state index contributed by atoms with van der Waals surface area (Å²) in [7, 11) is 1.44. The Kier molecular flexibility index (Phi) is 4.38. The lowest BCUT2D eigenvalue weighted by molar-refractivity contribution is -0.152. The number of para-hydroxylation sites is 2. The van der Waals surface area contributed by atoms with Crippen molar-refractivity contribution < 1.29 is 24.2 Å². The molecule has 0 radical (unpaired) electrons. The number of carbonyl (C=O) groups is 2. The van der Waals surface area contributed by atoms with Crippen LogP contribution in [0.5, 0.6) is 11.5 Å². The van der Waals surface area contributed by atoms with Gasteiger partial charge in [0.05, 0.1) is 30.8 Å². The van der Waals surface area contributed by atoms with Gasteiger partial charge in [-0.05, 0) is 36.8 Å². The lowest BCUT2D eigenvalue weighted by Gasteiger charge is -2.32. The van der Waals surface area contributed by atoms with Crippen molar-refractivity contribution >= 4 is 28.9 Å². The average Bonchev–Trinajstić information content (AvgIpc) is 3.05. The summed E-state index contributed by atoms with van der Waals surface area (Å²) in [6.45, 7) is 1.85. The number of aromatic hydroxyl groups is 1. The molecule has 0 aliphatic carbocycles. The molecule has 2 aromatic carbocycles. The van der Waals surface area contributed by atoms with Crippen molar-refractivity contribution in [2.24, 2.45) is 5.92 Å². The molecule has 1 aliphatic rings. The van der Waals surface area contributed by atoms with E-state index < -0.39 is 23.8 Å². The Morgan fingerprint density at radius 2 is 2.07 bits per heavy atom. The van der Waals surface area contributed by atoms with E-state index in [2.05, 4.69) is 10.3 Å². The maximum absolute atomic E-state index is 12.8. The molecule has 0 spiro atoms. The molecule has 0 saturated carbocycles. The fraction of sp³-hybridized carbons (Fsp3) is 0.250. The predicted octanol–water partition coefficient (Wildman–Crippen LogP) is 2.47. The van der Waals surface area contributed by atoms with Crippen LogP contribution in [-0.4, -0.2) is 40.3 Å². The Morgan fingerprint density at radius 1 is 1.29 bits per heavy atom. The minimum atomic E-state index is -1.11. The van der Waals surface area contributed by atoms with E-state index in [-0.39, 0.29) is 18.1 Å². The lowest BCUT2D eigenvalue weighted by atomic mass is 9.90. The van der Waals surface area contributed by atoms with Crippen LogP contribution < -0.4 is 10.1 Å². The number of carbonyl (C=O) groups excluding carboxylic acids is 2. The molecule has 4 rings (SSSR count). The summed E-state index contributed by atoms with van der Waals surface area (Å²) in [5.74, 6) is -1.66. The van der Waals surface area contributed by atoms with Gasteiger partial charge in [0, 0.05) is 0 Å². The fourth-order valence-electron chi connectivity index (χ4n) is 3.58. The molecule has 0 fully saturated rings. The van der Waals surface area contributed by atoms with E-state index in [1.807, 2.05) is 28.8 Å². The van der Waals surface area contributed by atoms with Crippen LogP contribution in [0.15, 0.2) is 42.5 Å². The number of nitrogens with one attached hydrogen (secondary N) is 1. The number of methoxy groups -OCH3 is 1. The molecule has 8 heteroatoms. The van der Waals surface area contributed by atoms with Crippen LogP contribution in [0.1, 0.15) is 18.5 Å². The normalized spacial score (nSPS) is 18.4. The Balaban J connectivity index is 1.97. The number of aromatic nitrogens is 2. The molecule has 28 heavy (non-hydrogen) atoms. The first-order valence-electron chi connectivity index (χ1n) is 8.86. The number of anilines is 1. The van der Waals surface area contributed by atoms with Gasteiger partial charge in [0.25, 0.3) is 0 Å². The molecule has 0 bridgehead atoms. The zero-order valence-corrected chi connectivity index (χ0v) is 15.4. The number of nitrogens with zero attached hydrogens (tertiary/aromatic N) is 2. The van der Waals surface area contributed by atoms with Crippen molar-refractivity contribution in [3.05, 3.63) is 48.0 Å². The standard InChI is InChI=1S/C20H19N3O5/c1-3-28-19(26)16-17(11-8-9-14(24)15(10-11)27-2)23-13-7-5-4-6-12(13)21-20(23)22-18(16)25/h4-10,16-17,24H,3H2,1-2H3,(H,21,22,25)/t16-,17-/m1/s1. The van der Waals surface area contributed by atoms with E-state index in [0.29, 0.717) is 17.0 Å².